The number of hydrogen-bond acceptors (Lipinski definition) is 7. The predicted octanol–water partition coefficient (Wildman–Crippen LogP) is 3.19. The lowest BCUT2D eigenvalue weighted by Crippen LogP contribution is -2.24. The first-order chi connectivity index (χ1) is 14.3. The minimum Gasteiger partial charge on any atom is -0.504 e. The highest BCUT2D eigenvalue weighted by Crippen LogP contribution is 2.36. The van der Waals surface area contributed by atoms with E-state index in [1.54, 1.807) is 13.0 Å². The largest absolute Gasteiger partial charge is 0.504 e. The van der Waals surface area contributed by atoms with E-state index in [4.69, 9.17) is 9.47 Å². The summed E-state index contributed by atoms with van der Waals surface area (Å²) in [6.07, 6.45) is 1.49. The second kappa shape index (κ2) is 8.08. The number of phenols is 1. The van der Waals surface area contributed by atoms with E-state index >= 15 is 0 Å². The molecule has 0 spiro atoms. The number of carbonyl (C=O) groups is 2. The van der Waals surface area contributed by atoms with Gasteiger partial charge in [-0.3, -0.25) is 19.8 Å². The maximum absolute atomic E-state index is 13.2. The number of carbonyl (C=O) groups excluding carboxylic acids is 2. The zero-order valence-electron chi connectivity index (χ0n) is 16.4. The van der Waals surface area contributed by atoms with E-state index in [1.165, 1.54) is 61.6 Å². The number of rotatable bonds is 5. The zero-order valence-corrected chi connectivity index (χ0v) is 16.4. The quantitative estimate of drug-likeness (QED) is 0.348. The maximum atomic E-state index is 13.2. The van der Waals surface area contributed by atoms with Crippen LogP contribution in [0.2, 0.25) is 0 Å². The Balaban J connectivity index is 2.11. The van der Waals surface area contributed by atoms with Crippen LogP contribution < -0.4 is 9.64 Å². The minimum atomic E-state index is -0.692. The highest BCUT2D eigenvalue weighted by Gasteiger charge is 2.38. The van der Waals surface area contributed by atoms with Gasteiger partial charge in [0, 0.05) is 23.5 Å². The molecule has 1 heterocycles. The molecule has 0 aliphatic carbocycles. The predicted molar refractivity (Wildman–Crippen MR) is 108 cm³/mol. The molecule has 30 heavy (non-hydrogen) atoms. The Morgan fingerprint density at radius 2 is 1.83 bits per heavy atom. The molecule has 2 aromatic rings. The molecule has 0 saturated carbocycles. The van der Waals surface area contributed by atoms with Crippen LogP contribution in [0.25, 0.3) is 6.08 Å². The van der Waals surface area contributed by atoms with Crippen LogP contribution in [-0.2, 0) is 14.3 Å². The monoisotopic (exact) mass is 410 g/mol. The smallest absolute Gasteiger partial charge is 0.340 e. The van der Waals surface area contributed by atoms with Gasteiger partial charge in [-0.25, -0.2) is 4.79 Å². The zero-order chi connectivity index (χ0) is 22.0. The first-order valence-corrected chi connectivity index (χ1v) is 8.75. The normalized spacial score (nSPS) is 15.0. The summed E-state index contributed by atoms with van der Waals surface area (Å²) >= 11 is 0. The Labute approximate surface area is 171 Å². The number of aromatic hydroxyl groups is 1. The van der Waals surface area contributed by atoms with Gasteiger partial charge in [0.05, 0.1) is 30.3 Å². The number of ether oxygens (including phenoxy) is 2. The summed E-state index contributed by atoms with van der Waals surface area (Å²) in [6.45, 7) is 1.59. The van der Waals surface area contributed by atoms with E-state index < -0.39 is 16.8 Å². The molecule has 1 amide bonds. The van der Waals surface area contributed by atoms with Gasteiger partial charge in [0.25, 0.3) is 11.6 Å². The summed E-state index contributed by atoms with van der Waals surface area (Å²) in [5, 5.41) is 20.7. The molecule has 1 aliphatic rings. The van der Waals surface area contributed by atoms with Gasteiger partial charge in [-0.2, -0.15) is 0 Å². The summed E-state index contributed by atoms with van der Waals surface area (Å²) in [4.78, 5) is 37.2. The number of amides is 1. The van der Waals surface area contributed by atoms with Gasteiger partial charge in [0.15, 0.2) is 11.5 Å². The Morgan fingerprint density at radius 1 is 1.17 bits per heavy atom. The number of allylic oxidation sites excluding steroid dienone is 1. The molecule has 0 unspecified atom stereocenters. The second-order valence-electron chi connectivity index (χ2n) is 6.36. The topological polar surface area (TPSA) is 119 Å². The van der Waals surface area contributed by atoms with Gasteiger partial charge in [-0.1, -0.05) is 6.07 Å². The summed E-state index contributed by atoms with van der Waals surface area (Å²) in [5.74, 6) is -1.04. The van der Waals surface area contributed by atoms with Crippen LogP contribution in [0.5, 0.6) is 11.5 Å². The Bertz CT molecular complexity index is 1100. The van der Waals surface area contributed by atoms with E-state index in [2.05, 4.69) is 0 Å². The van der Waals surface area contributed by atoms with E-state index in [1.807, 2.05) is 0 Å². The number of nitrogens with zero attached hydrogens (tertiary/aromatic N) is 2. The number of nitro benzene ring substituents is 1. The number of methoxy groups -OCH3 is 2. The van der Waals surface area contributed by atoms with Crippen LogP contribution in [0.4, 0.5) is 11.4 Å². The number of phenolic OH excluding ortho intramolecular Hbond substituents is 1. The molecule has 0 radical (unpaired) electrons. The van der Waals surface area contributed by atoms with Crippen LogP contribution in [0.3, 0.4) is 0 Å². The standard InChI is InChI=1S/C21H18N2O7/c1-12-19(21(26)30-3)16(10-13-4-9-17(24)18(11-13)29-2)20(25)22(12)14-5-7-15(8-6-14)23(27)28/h4-11,24H,1-3H3. The molecule has 3 rings (SSSR count). The van der Waals surface area contributed by atoms with Crippen molar-refractivity contribution in [2.45, 2.75) is 6.92 Å². The number of hydrogen-bond donors (Lipinski definition) is 1. The molecule has 1 aliphatic heterocycles. The molecule has 9 nitrogen and oxygen atoms in total. The van der Waals surface area contributed by atoms with Crippen molar-refractivity contribution in [2.24, 2.45) is 0 Å². The summed E-state index contributed by atoms with van der Waals surface area (Å²) in [7, 11) is 2.61. The lowest BCUT2D eigenvalue weighted by Gasteiger charge is -2.17. The molecule has 1 N–H and O–H groups in total. The third kappa shape index (κ3) is 3.60. The summed E-state index contributed by atoms with van der Waals surface area (Å²) in [5.41, 5.74) is 1.27. The van der Waals surface area contributed by atoms with Crippen molar-refractivity contribution in [3.8, 4) is 11.5 Å². The van der Waals surface area contributed by atoms with Gasteiger partial charge in [0.2, 0.25) is 0 Å². The van der Waals surface area contributed by atoms with Crippen LogP contribution in [0.15, 0.2) is 59.3 Å². The third-order valence-corrected chi connectivity index (χ3v) is 4.62. The number of benzene rings is 2. The molecule has 2 aromatic carbocycles. The molecule has 0 bridgehead atoms. The number of anilines is 1. The number of esters is 1. The van der Waals surface area contributed by atoms with Gasteiger partial charge in [0.1, 0.15) is 0 Å². The van der Waals surface area contributed by atoms with Crippen molar-refractivity contribution in [2.75, 3.05) is 19.1 Å². The van der Waals surface area contributed by atoms with Crippen molar-refractivity contribution >= 4 is 29.3 Å². The lowest BCUT2D eigenvalue weighted by molar-refractivity contribution is -0.384. The van der Waals surface area contributed by atoms with E-state index in [0.29, 0.717) is 16.9 Å². The molecular weight excluding hydrogens is 392 g/mol. The number of nitro groups is 1. The van der Waals surface area contributed by atoms with E-state index in [9.17, 15) is 24.8 Å². The van der Waals surface area contributed by atoms with Crippen molar-refractivity contribution in [3.05, 3.63) is 75.0 Å². The van der Waals surface area contributed by atoms with Crippen molar-refractivity contribution in [3.63, 3.8) is 0 Å². The second-order valence-corrected chi connectivity index (χ2v) is 6.36. The van der Waals surface area contributed by atoms with Crippen LogP contribution >= 0.6 is 0 Å². The Morgan fingerprint density at radius 3 is 2.40 bits per heavy atom. The SMILES string of the molecule is COC(=O)C1=C(C)N(c2ccc([N+](=O)[O-])cc2)C(=O)C1=Cc1ccc(O)c(OC)c1. The molecule has 0 aromatic heterocycles. The van der Waals surface area contributed by atoms with Crippen molar-refractivity contribution < 1.29 is 29.1 Å². The Kier molecular flexibility index (Phi) is 5.54. The highest BCUT2D eigenvalue weighted by atomic mass is 16.6. The van der Waals surface area contributed by atoms with Crippen molar-refractivity contribution in [1.29, 1.82) is 0 Å². The van der Waals surface area contributed by atoms with E-state index in [-0.39, 0.29) is 28.3 Å². The molecule has 0 saturated heterocycles. The van der Waals surface area contributed by atoms with Gasteiger partial charge in [-0.15, -0.1) is 0 Å². The average Bonchev–Trinajstić information content (AvgIpc) is 2.98. The first-order valence-electron chi connectivity index (χ1n) is 8.75. The maximum Gasteiger partial charge on any atom is 0.340 e. The Hall–Kier alpha value is -4.14. The average molecular weight is 410 g/mol. The lowest BCUT2D eigenvalue weighted by atomic mass is 10.0. The fourth-order valence-corrected chi connectivity index (χ4v) is 3.17. The van der Waals surface area contributed by atoms with Crippen LogP contribution in [0, 0.1) is 10.1 Å². The van der Waals surface area contributed by atoms with Gasteiger partial charge >= 0.3 is 5.97 Å². The molecule has 0 atom stereocenters. The third-order valence-electron chi connectivity index (χ3n) is 4.62. The van der Waals surface area contributed by atoms with E-state index in [0.717, 1.165) is 0 Å². The summed E-state index contributed by atoms with van der Waals surface area (Å²) in [6, 6.07) is 9.92. The van der Waals surface area contributed by atoms with Gasteiger partial charge < -0.3 is 14.6 Å². The van der Waals surface area contributed by atoms with Crippen molar-refractivity contribution in [1.82, 2.24) is 0 Å². The molecule has 0 fully saturated rings. The molecular formula is C21H18N2O7. The van der Waals surface area contributed by atoms with Crippen LogP contribution in [0.1, 0.15) is 12.5 Å². The fourth-order valence-electron chi connectivity index (χ4n) is 3.17. The number of non-ortho nitro benzene ring substituents is 1. The minimum absolute atomic E-state index is 0.0650. The molecule has 9 heteroatoms. The fraction of sp³-hybridized carbons (Fsp3) is 0.143. The van der Waals surface area contributed by atoms with Crippen LogP contribution in [-0.4, -0.2) is 36.1 Å². The first kappa shape index (κ1) is 20.6. The summed E-state index contributed by atoms with van der Waals surface area (Å²) < 4.78 is 9.93. The van der Waals surface area contributed by atoms with Gasteiger partial charge in [-0.05, 0) is 42.8 Å². The highest BCUT2D eigenvalue weighted by molar-refractivity contribution is 6.23. The molecule has 154 valence electrons.